The molecule has 7 nitrogen and oxygen atoms in total. The van der Waals surface area contributed by atoms with Crippen molar-refractivity contribution in [1.82, 2.24) is 14.7 Å². The predicted octanol–water partition coefficient (Wildman–Crippen LogP) is 2.86. The van der Waals surface area contributed by atoms with Crippen LogP contribution in [0.1, 0.15) is 40.2 Å². The van der Waals surface area contributed by atoms with Crippen molar-refractivity contribution in [3.05, 3.63) is 35.5 Å². The fraction of sp³-hybridized carbons (Fsp3) is 0.600. The second-order valence-corrected chi connectivity index (χ2v) is 9.06. The predicted molar refractivity (Wildman–Crippen MR) is 125 cm³/mol. The van der Waals surface area contributed by atoms with Gasteiger partial charge in [0.2, 0.25) is 0 Å². The van der Waals surface area contributed by atoms with Gasteiger partial charge in [-0.2, -0.15) is 0 Å². The molecule has 176 valence electrons. The molecule has 7 heteroatoms. The summed E-state index contributed by atoms with van der Waals surface area (Å²) in [4.78, 5) is 32.5. The van der Waals surface area contributed by atoms with Crippen molar-refractivity contribution in [2.75, 3.05) is 52.5 Å². The first-order valence-corrected chi connectivity index (χ1v) is 11.7. The van der Waals surface area contributed by atoms with Crippen LogP contribution >= 0.6 is 0 Å². The number of benzene rings is 1. The van der Waals surface area contributed by atoms with Crippen molar-refractivity contribution in [3.63, 3.8) is 0 Å². The Bertz CT molecular complexity index is 824. The molecule has 0 radical (unpaired) electrons. The van der Waals surface area contributed by atoms with Crippen LogP contribution in [0.3, 0.4) is 0 Å². The molecule has 1 saturated heterocycles. The number of hydrogen-bond acceptors (Lipinski definition) is 6. The molecule has 0 aromatic heterocycles. The maximum atomic E-state index is 13.4. The molecule has 1 fully saturated rings. The van der Waals surface area contributed by atoms with Gasteiger partial charge in [-0.25, -0.2) is 0 Å². The molecule has 0 N–H and O–H groups in total. The molecule has 0 unspecified atom stereocenters. The summed E-state index contributed by atoms with van der Waals surface area (Å²) in [6.45, 7) is 15.7. The molecule has 0 aliphatic carbocycles. The minimum absolute atomic E-state index is 0.0511. The lowest BCUT2D eigenvalue weighted by Crippen LogP contribution is -2.47. The largest absolute Gasteiger partial charge is 0.493 e. The summed E-state index contributed by atoms with van der Waals surface area (Å²) in [6, 6.07) is 7.51. The molecule has 3 rings (SSSR count). The van der Waals surface area contributed by atoms with E-state index in [1.807, 2.05) is 38.1 Å². The summed E-state index contributed by atoms with van der Waals surface area (Å²) in [5.74, 6) is 0.732. The second-order valence-electron chi connectivity index (χ2n) is 9.06. The molecule has 2 amide bonds. The van der Waals surface area contributed by atoms with Crippen LogP contribution in [0, 0.1) is 5.92 Å². The summed E-state index contributed by atoms with van der Waals surface area (Å²) in [6.07, 6.45) is 0.0511. The maximum Gasteiger partial charge on any atom is 0.277 e. The van der Waals surface area contributed by atoms with Crippen LogP contribution in [0.2, 0.25) is 0 Å². The van der Waals surface area contributed by atoms with E-state index in [0.717, 1.165) is 44.0 Å². The highest BCUT2D eigenvalue weighted by atomic mass is 16.5. The molecule has 2 aliphatic heterocycles. The van der Waals surface area contributed by atoms with Gasteiger partial charge in [-0.15, -0.1) is 0 Å². The lowest BCUT2D eigenvalue weighted by atomic mass is 10.0. The fourth-order valence-electron chi connectivity index (χ4n) is 3.97. The number of likely N-dealkylation sites (N-methyl/N-ethyl adjacent to an activating group) is 1. The average Bonchev–Trinajstić information content (AvgIpc) is 3.02. The van der Waals surface area contributed by atoms with Crippen molar-refractivity contribution < 1.29 is 19.1 Å². The highest BCUT2D eigenvalue weighted by Crippen LogP contribution is 2.33. The Morgan fingerprint density at radius 2 is 1.59 bits per heavy atom. The number of rotatable bonds is 10. The quantitative estimate of drug-likeness (QED) is 0.518. The number of carbonyl (C=O) groups is 2. The third-order valence-electron chi connectivity index (χ3n) is 5.77. The molecule has 0 bridgehead atoms. The lowest BCUT2D eigenvalue weighted by Gasteiger charge is -2.36. The molecule has 2 aliphatic rings. The first-order chi connectivity index (χ1) is 15.3. The van der Waals surface area contributed by atoms with Gasteiger partial charge in [0, 0.05) is 26.2 Å². The molecular formula is C25H37N3O4. The van der Waals surface area contributed by atoms with Crippen LogP contribution < -0.4 is 4.74 Å². The maximum absolute atomic E-state index is 13.4. The first kappa shape index (κ1) is 24.3. The monoisotopic (exact) mass is 443 g/mol. The van der Waals surface area contributed by atoms with E-state index in [4.69, 9.17) is 9.47 Å². The standard InChI is InChI=1S/C25H37N3O4/c1-6-26-11-13-27(14-12-26)23-22(20-7-9-21(10-8-20)32-17-18(2)3)24(29)28(25(23)30)15-16-31-19(4)5/h7-10,18-19H,6,11-17H2,1-5H3. The van der Waals surface area contributed by atoms with Crippen molar-refractivity contribution >= 4 is 17.4 Å². The third-order valence-corrected chi connectivity index (χ3v) is 5.77. The minimum atomic E-state index is -0.244. The van der Waals surface area contributed by atoms with E-state index in [1.165, 1.54) is 4.90 Å². The minimum Gasteiger partial charge on any atom is -0.493 e. The number of carbonyl (C=O) groups excluding carboxylic acids is 2. The van der Waals surface area contributed by atoms with E-state index in [2.05, 4.69) is 30.6 Å². The molecule has 1 aromatic rings. The summed E-state index contributed by atoms with van der Waals surface area (Å²) in [7, 11) is 0. The van der Waals surface area contributed by atoms with E-state index in [9.17, 15) is 9.59 Å². The molecule has 0 atom stereocenters. The van der Waals surface area contributed by atoms with Gasteiger partial charge in [0.05, 0.1) is 31.4 Å². The average molecular weight is 444 g/mol. The van der Waals surface area contributed by atoms with Gasteiger partial charge >= 0.3 is 0 Å². The number of hydrogen-bond donors (Lipinski definition) is 0. The number of imide groups is 1. The van der Waals surface area contributed by atoms with E-state index in [-0.39, 0.29) is 24.5 Å². The molecule has 1 aromatic carbocycles. The summed E-state index contributed by atoms with van der Waals surface area (Å²) in [5.41, 5.74) is 1.76. The zero-order valence-electron chi connectivity index (χ0n) is 20.1. The second kappa shape index (κ2) is 11.0. The SMILES string of the molecule is CCN1CCN(C2=C(c3ccc(OCC(C)C)cc3)C(=O)N(CCOC(C)C)C2=O)CC1. The van der Waals surface area contributed by atoms with Crippen LogP contribution in [-0.2, 0) is 14.3 Å². The van der Waals surface area contributed by atoms with Crippen LogP contribution in [0.5, 0.6) is 5.75 Å². The highest BCUT2D eigenvalue weighted by Gasteiger charge is 2.41. The Kier molecular flexibility index (Phi) is 8.32. The number of amides is 2. The zero-order valence-corrected chi connectivity index (χ0v) is 20.1. The molecule has 0 saturated carbocycles. The van der Waals surface area contributed by atoms with Crippen LogP contribution in [-0.4, -0.2) is 85.1 Å². The van der Waals surface area contributed by atoms with E-state index in [0.29, 0.717) is 30.4 Å². The van der Waals surface area contributed by atoms with Gasteiger partial charge in [0.15, 0.2) is 0 Å². The van der Waals surface area contributed by atoms with Crippen molar-refractivity contribution in [1.29, 1.82) is 0 Å². The Morgan fingerprint density at radius 1 is 0.938 bits per heavy atom. The molecule has 2 heterocycles. The van der Waals surface area contributed by atoms with E-state index < -0.39 is 0 Å². The van der Waals surface area contributed by atoms with Gasteiger partial charge in [-0.3, -0.25) is 14.5 Å². The van der Waals surface area contributed by atoms with Gasteiger partial charge in [0.25, 0.3) is 11.8 Å². The highest BCUT2D eigenvalue weighted by molar-refractivity contribution is 6.35. The van der Waals surface area contributed by atoms with Crippen molar-refractivity contribution in [2.45, 2.75) is 40.7 Å². The molecule has 0 spiro atoms. The van der Waals surface area contributed by atoms with Crippen molar-refractivity contribution in [3.8, 4) is 5.75 Å². The first-order valence-electron chi connectivity index (χ1n) is 11.7. The normalized spacial score (nSPS) is 18.0. The van der Waals surface area contributed by atoms with Gasteiger partial charge in [-0.05, 0) is 44.0 Å². The third kappa shape index (κ3) is 5.70. The Morgan fingerprint density at radius 3 is 2.16 bits per heavy atom. The lowest BCUT2D eigenvalue weighted by molar-refractivity contribution is -0.138. The van der Waals surface area contributed by atoms with Crippen LogP contribution in [0.25, 0.3) is 5.57 Å². The Balaban J connectivity index is 1.87. The van der Waals surface area contributed by atoms with Crippen LogP contribution in [0.15, 0.2) is 30.0 Å². The molecular weight excluding hydrogens is 406 g/mol. The number of ether oxygens (including phenoxy) is 2. The smallest absolute Gasteiger partial charge is 0.277 e. The zero-order chi connectivity index (χ0) is 23.3. The Hall–Kier alpha value is -2.38. The summed E-state index contributed by atoms with van der Waals surface area (Å²) < 4.78 is 11.4. The van der Waals surface area contributed by atoms with Gasteiger partial charge in [0.1, 0.15) is 11.4 Å². The van der Waals surface area contributed by atoms with Crippen molar-refractivity contribution in [2.24, 2.45) is 5.92 Å². The summed E-state index contributed by atoms with van der Waals surface area (Å²) >= 11 is 0. The van der Waals surface area contributed by atoms with Crippen LogP contribution in [0.4, 0.5) is 0 Å². The van der Waals surface area contributed by atoms with E-state index >= 15 is 0 Å². The summed E-state index contributed by atoms with van der Waals surface area (Å²) in [5, 5.41) is 0. The topological polar surface area (TPSA) is 62.3 Å². The van der Waals surface area contributed by atoms with Gasteiger partial charge in [-0.1, -0.05) is 32.9 Å². The van der Waals surface area contributed by atoms with E-state index in [1.54, 1.807) is 0 Å². The van der Waals surface area contributed by atoms with Gasteiger partial charge < -0.3 is 19.3 Å². The number of nitrogens with zero attached hydrogens (tertiary/aromatic N) is 3. The fourth-order valence-corrected chi connectivity index (χ4v) is 3.97. The number of piperazine rings is 1. The Labute approximate surface area is 191 Å². The molecule has 32 heavy (non-hydrogen) atoms.